The van der Waals surface area contributed by atoms with Crippen LogP contribution in [0.5, 0.6) is 5.75 Å². The smallest absolute Gasteiger partial charge is 0.341 e. The molecule has 176 valence electrons. The topological polar surface area (TPSA) is 88.1 Å². The minimum Gasteiger partial charge on any atom is -0.480 e. The Morgan fingerprint density at radius 1 is 0.941 bits per heavy atom. The van der Waals surface area contributed by atoms with Gasteiger partial charge >= 0.3 is 12.0 Å². The highest BCUT2D eigenvalue weighted by Crippen LogP contribution is 2.32. The molecule has 0 unspecified atom stereocenters. The number of hydrogen-bond acceptors (Lipinski definition) is 5. The van der Waals surface area contributed by atoms with E-state index in [1.165, 1.54) is 7.11 Å². The van der Waals surface area contributed by atoms with Gasteiger partial charge in [0.1, 0.15) is 17.4 Å². The SMILES string of the molecule is COC(=O)c1cc(NC(=O)N2CCC(O)CC2)ccc1OC(c1ccccc1)c1ccccc1. The van der Waals surface area contributed by atoms with E-state index in [2.05, 4.69) is 5.32 Å². The van der Waals surface area contributed by atoms with Crippen LogP contribution in [0.4, 0.5) is 10.5 Å². The number of anilines is 1. The molecule has 34 heavy (non-hydrogen) atoms. The van der Waals surface area contributed by atoms with E-state index in [-0.39, 0.29) is 17.7 Å². The molecule has 7 nitrogen and oxygen atoms in total. The lowest BCUT2D eigenvalue weighted by Gasteiger charge is -2.29. The third-order valence-electron chi connectivity index (χ3n) is 5.84. The molecular formula is C27H28N2O5. The first-order chi connectivity index (χ1) is 16.5. The fourth-order valence-electron chi connectivity index (χ4n) is 3.96. The van der Waals surface area contributed by atoms with Gasteiger partial charge in [0.2, 0.25) is 0 Å². The zero-order valence-corrected chi connectivity index (χ0v) is 19.0. The summed E-state index contributed by atoms with van der Waals surface area (Å²) in [5.41, 5.74) is 2.55. The maximum atomic E-state index is 12.6. The van der Waals surface area contributed by atoms with Crippen LogP contribution in [-0.2, 0) is 4.74 Å². The van der Waals surface area contributed by atoms with Crippen LogP contribution in [0.15, 0.2) is 78.9 Å². The number of esters is 1. The molecule has 1 saturated heterocycles. The van der Waals surface area contributed by atoms with Crippen LogP contribution in [0.25, 0.3) is 0 Å². The van der Waals surface area contributed by atoms with Gasteiger partial charge in [0.25, 0.3) is 0 Å². The lowest BCUT2D eigenvalue weighted by Crippen LogP contribution is -2.42. The van der Waals surface area contributed by atoms with Crippen LogP contribution >= 0.6 is 0 Å². The molecule has 4 rings (SSSR count). The van der Waals surface area contributed by atoms with Crippen LogP contribution in [0.2, 0.25) is 0 Å². The third-order valence-corrected chi connectivity index (χ3v) is 5.84. The van der Waals surface area contributed by atoms with E-state index in [1.54, 1.807) is 23.1 Å². The number of piperidine rings is 1. The molecule has 0 spiro atoms. The van der Waals surface area contributed by atoms with Crippen LogP contribution in [0, 0.1) is 0 Å². The van der Waals surface area contributed by atoms with Crippen LogP contribution in [-0.4, -0.2) is 48.3 Å². The van der Waals surface area contributed by atoms with Gasteiger partial charge in [-0.3, -0.25) is 0 Å². The van der Waals surface area contributed by atoms with Crippen molar-refractivity contribution in [2.45, 2.75) is 25.0 Å². The van der Waals surface area contributed by atoms with Gasteiger partial charge < -0.3 is 24.8 Å². The zero-order chi connectivity index (χ0) is 23.9. The van der Waals surface area contributed by atoms with E-state index in [9.17, 15) is 14.7 Å². The third kappa shape index (κ3) is 5.55. The van der Waals surface area contributed by atoms with Gasteiger partial charge in [-0.05, 0) is 42.2 Å². The summed E-state index contributed by atoms with van der Waals surface area (Å²) in [6, 6.07) is 24.2. The molecule has 1 heterocycles. The summed E-state index contributed by atoms with van der Waals surface area (Å²) in [5.74, 6) is -0.212. The lowest BCUT2D eigenvalue weighted by molar-refractivity contribution is 0.0594. The molecule has 7 heteroatoms. The van der Waals surface area contributed by atoms with Crippen molar-refractivity contribution >= 4 is 17.7 Å². The molecule has 1 aliphatic heterocycles. The quantitative estimate of drug-likeness (QED) is 0.524. The number of benzene rings is 3. The Balaban J connectivity index is 1.60. The first-order valence-corrected chi connectivity index (χ1v) is 11.3. The van der Waals surface area contributed by atoms with Gasteiger partial charge in [-0.25, -0.2) is 9.59 Å². The molecule has 0 bridgehead atoms. The van der Waals surface area contributed by atoms with E-state index in [0.29, 0.717) is 37.4 Å². The molecule has 3 aromatic rings. The number of methoxy groups -OCH3 is 1. The monoisotopic (exact) mass is 460 g/mol. The minimum atomic E-state index is -0.563. The normalized spacial score (nSPS) is 14.0. The summed E-state index contributed by atoms with van der Waals surface area (Å²) in [6.45, 7) is 0.960. The highest BCUT2D eigenvalue weighted by molar-refractivity contribution is 5.96. The molecule has 1 aliphatic rings. The molecule has 3 aromatic carbocycles. The Morgan fingerprint density at radius 3 is 2.09 bits per heavy atom. The number of nitrogens with one attached hydrogen (secondary N) is 1. The number of nitrogens with zero attached hydrogens (tertiary/aromatic N) is 1. The largest absolute Gasteiger partial charge is 0.480 e. The molecule has 0 atom stereocenters. The number of likely N-dealkylation sites (tertiary alicyclic amines) is 1. The van der Waals surface area contributed by atoms with E-state index in [0.717, 1.165) is 11.1 Å². The van der Waals surface area contributed by atoms with Crippen molar-refractivity contribution in [3.63, 3.8) is 0 Å². The van der Waals surface area contributed by atoms with Crippen molar-refractivity contribution < 1.29 is 24.2 Å². The Morgan fingerprint density at radius 2 is 1.53 bits per heavy atom. The summed E-state index contributed by atoms with van der Waals surface area (Å²) >= 11 is 0. The number of carbonyl (C=O) groups excluding carboxylic acids is 2. The maximum absolute atomic E-state index is 12.6. The van der Waals surface area contributed by atoms with Gasteiger partial charge in [-0.1, -0.05) is 60.7 Å². The van der Waals surface area contributed by atoms with Crippen molar-refractivity contribution in [1.82, 2.24) is 4.90 Å². The lowest BCUT2D eigenvalue weighted by atomic mass is 10.0. The van der Waals surface area contributed by atoms with Gasteiger partial charge in [0, 0.05) is 18.8 Å². The Bertz CT molecular complexity index is 1070. The van der Waals surface area contributed by atoms with Gasteiger partial charge in [-0.2, -0.15) is 0 Å². The standard InChI is InChI=1S/C27H28N2O5/c1-33-26(31)23-18-21(28-27(32)29-16-14-22(30)15-17-29)12-13-24(23)34-25(19-8-4-2-5-9-19)20-10-6-3-7-11-20/h2-13,18,22,25,30H,14-17H2,1H3,(H,28,32). The predicted molar refractivity (Wildman–Crippen MR) is 129 cm³/mol. The molecule has 0 radical (unpaired) electrons. The zero-order valence-electron chi connectivity index (χ0n) is 19.0. The van der Waals surface area contributed by atoms with Crippen molar-refractivity contribution in [3.05, 3.63) is 95.6 Å². The van der Waals surface area contributed by atoms with Crippen molar-refractivity contribution in [3.8, 4) is 5.75 Å². The minimum absolute atomic E-state index is 0.214. The van der Waals surface area contributed by atoms with Crippen LogP contribution in [0.1, 0.15) is 40.4 Å². The second kappa shape index (κ2) is 10.9. The molecule has 2 amide bonds. The summed E-state index contributed by atoms with van der Waals surface area (Å²) in [4.78, 5) is 26.9. The van der Waals surface area contributed by atoms with Crippen LogP contribution in [0.3, 0.4) is 0 Å². The first-order valence-electron chi connectivity index (χ1n) is 11.3. The number of rotatable bonds is 6. The summed E-state index contributed by atoms with van der Waals surface area (Å²) in [6.07, 6.45) is 0.293. The first kappa shape index (κ1) is 23.3. The Hall–Kier alpha value is -3.84. The average molecular weight is 461 g/mol. The fourth-order valence-corrected chi connectivity index (χ4v) is 3.96. The second-order valence-electron chi connectivity index (χ2n) is 8.17. The average Bonchev–Trinajstić information content (AvgIpc) is 2.88. The number of hydrogen-bond donors (Lipinski definition) is 2. The number of aliphatic hydroxyl groups is 1. The Labute approximate surface area is 198 Å². The maximum Gasteiger partial charge on any atom is 0.341 e. The highest BCUT2D eigenvalue weighted by Gasteiger charge is 2.24. The summed E-state index contributed by atoms with van der Waals surface area (Å²) in [7, 11) is 1.31. The molecule has 2 N–H and O–H groups in total. The van der Waals surface area contributed by atoms with Crippen LogP contribution < -0.4 is 10.1 Å². The second-order valence-corrected chi connectivity index (χ2v) is 8.17. The van der Waals surface area contributed by atoms with E-state index < -0.39 is 12.1 Å². The van der Waals surface area contributed by atoms with Gasteiger partial charge in [-0.15, -0.1) is 0 Å². The summed E-state index contributed by atoms with van der Waals surface area (Å²) < 4.78 is 11.4. The number of amides is 2. The van der Waals surface area contributed by atoms with Gasteiger partial charge in [0.15, 0.2) is 0 Å². The number of ether oxygens (including phenoxy) is 2. The number of aliphatic hydroxyl groups excluding tert-OH is 1. The van der Waals surface area contributed by atoms with E-state index in [4.69, 9.17) is 9.47 Å². The Kier molecular flexibility index (Phi) is 7.44. The van der Waals surface area contributed by atoms with E-state index in [1.807, 2.05) is 60.7 Å². The number of carbonyl (C=O) groups is 2. The van der Waals surface area contributed by atoms with Crippen molar-refractivity contribution in [1.29, 1.82) is 0 Å². The fraction of sp³-hybridized carbons (Fsp3) is 0.259. The molecule has 1 fully saturated rings. The molecular weight excluding hydrogens is 432 g/mol. The van der Waals surface area contributed by atoms with Gasteiger partial charge in [0.05, 0.1) is 13.2 Å². The highest BCUT2D eigenvalue weighted by atomic mass is 16.5. The van der Waals surface area contributed by atoms with E-state index >= 15 is 0 Å². The summed E-state index contributed by atoms with van der Waals surface area (Å²) in [5, 5.41) is 12.5. The molecule has 0 aliphatic carbocycles. The predicted octanol–water partition coefficient (Wildman–Crippen LogP) is 4.63. The number of urea groups is 1. The molecule has 0 saturated carbocycles. The molecule has 0 aromatic heterocycles. The van der Waals surface area contributed by atoms with Crippen molar-refractivity contribution in [2.24, 2.45) is 0 Å². The van der Waals surface area contributed by atoms with Crippen molar-refractivity contribution in [2.75, 3.05) is 25.5 Å².